The van der Waals surface area contributed by atoms with Crippen LogP contribution in [0.2, 0.25) is 5.02 Å². The van der Waals surface area contributed by atoms with Crippen molar-refractivity contribution in [2.24, 2.45) is 0 Å². The highest BCUT2D eigenvalue weighted by atomic mass is 35.5. The van der Waals surface area contributed by atoms with Crippen molar-refractivity contribution in [1.82, 2.24) is 0 Å². The van der Waals surface area contributed by atoms with E-state index in [9.17, 15) is 0 Å². The van der Waals surface area contributed by atoms with Crippen LogP contribution >= 0.6 is 11.6 Å². The molecule has 0 saturated carbocycles. The van der Waals surface area contributed by atoms with Crippen molar-refractivity contribution >= 4 is 23.8 Å². The van der Waals surface area contributed by atoms with Gasteiger partial charge < -0.3 is 9.47 Å². The quantitative estimate of drug-likeness (QED) is 0.500. The molecule has 0 aliphatic carbocycles. The first-order valence-corrected chi connectivity index (χ1v) is 8.41. The first-order chi connectivity index (χ1) is 12.2. The third-order valence-corrected chi connectivity index (χ3v) is 4.02. The fourth-order valence-corrected chi connectivity index (χ4v) is 2.53. The molecular weight excluding hydrogens is 332 g/mol. The molecule has 0 aliphatic rings. The Hall–Kier alpha value is -2.71. The molecule has 3 heteroatoms. The summed E-state index contributed by atoms with van der Waals surface area (Å²) in [5, 5.41) is 0.735. The van der Waals surface area contributed by atoms with Crippen LogP contribution in [0.5, 0.6) is 11.5 Å². The minimum atomic E-state index is 0.511. The van der Waals surface area contributed by atoms with E-state index in [2.05, 4.69) is 0 Å². The predicted molar refractivity (Wildman–Crippen MR) is 104 cm³/mol. The number of hydrogen-bond acceptors (Lipinski definition) is 2. The zero-order valence-corrected chi connectivity index (χ0v) is 14.7. The molecule has 0 amide bonds. The Morgan fingerprint density at radius 2 is 1.48 bits per heavy atom. The maximum Gasteiger partial charge on any atom is 0.161 e. The minimum Gasteiger partial charge on any atom is -0.493 e. The lowest BCUT2D eigenvalue weighted by atomic mass is 10.1. The number of rotatable bonds is 6. The molecule has 0 heterocycles. The van der Waals surface area contributed by atoms with Gasteiger partial charge in [0.25, 0.3) is 0 Å². The highest BCUT2D eigenvalue weighted by molar-refractivity contribution is 6.30. The Balaban J connectivity index is 1.71. The molecule has 0 N–H and O–H groups in total. The summed E-state index contributed by atoms with van der Waals surface area (Å²) in [6, 6.07) is 23.7. The van der Waals surface area contributed by atoms with Crippen molar-refractivity contribution in [2.75, 3.05) is 7.11 Å². The first-order valence-electron chi connectivity index (χ1n) is 8.03. The normalized spacial score (nSPS) is 10.8. The molecule has 0 unspecified atom stereocenters. The molecule has 2 nitrogen and oxygen atoms in total. The standard InChI is InChI=1S/C22H19ClO2/c1-24-22-15-18(8-7-17-9-12-20(23)13-10-17)11-14-21(22)25-16-19-5-3-2-4-6-19/h2-15H,16H2,1H3/b8-7+. The molecular formula is C22H19ClO2. The minimum absolute atomic E-state index is 0.511. The Bertz CT molecular complexity index is 840. The van der Waals surface area contributed by atoms with Crippen LogP contribution in [0.15, 0.2) is 72.8 Å². The Morgan fingerprint density at radius 3 is 2.20 bits per heavy atom. The van der Waals surface area contributed by atoms with Crippen molar-refractivity contribution in [2.45, 2.75) is 6.61 Å². The summed E-state index contributed by atoms with van der Waals surface area (Å²) in [5.41, 5.74) is 3.25. The molecule has 0 atom stereocenters. The van der Waals surface area contributed by atoms with Gasteiger partial charge in [0.1, 0.15) is 6.61 Å². The van der Waals surface area contributed by atoms with E-state index < -0.39 is 0 Å². The first kappa shape index (κ1) is 17.1. The van der Waals surface area contributed by atoms with Crippen LogP contribution in [0.4, 0.5) is 0 Å². The molecule has 25 heavy (non-hydrogen) atoms. The van der Waals surface area contributed by atoms with Crippen LogP contribution in [0.25, 0.3) is 12.2 Å². The van der Waals surface area contributed by atoms with Crippen LogP contribution in [0.3, 0.4) is 0 Å². The van der Waals surface area contributed by atoms with Crippen molar-refractivity contribution in [3.63, 3.8) is 0 Å². The van der Waals surface area contributed by atoms with E-state index in [1.165, 1.54) is 0 Å². The second kappa shape index (κ2) is 8.41. The molecule has 3 rings (SSSR count). The van der Waals surface area contributed by atoms with Gasteiger partial charge in [0, 0.05) is 5.02 Å². The predicted octanol–water partition coefficient (Wildman–Crippen LogP) is 6.10. The van der Waals surface area contributed by atoms with Gasteiger partial charge in [0.15, 0.2) is 11.5 Å². The molecule has 0 saturated heterocycles. The van der Waals surface area contributed by atoms with Crippen molar-refractivity contribution in [3.05, 3.63) is 94.5 Å². The maximum absolute atomic E-state index is 5.91. The van der Waals surface area contributed by atoms with Crippen LogP contribution < -0.4 is 9.47 Å². The Morgan fingerprint density at radius 1 is 0.800 bits per heavy atom. The molecule has 0 bridgehead atoms. The van der Waals surface area contributed by atoms with E-state index in [1.807, 2.05) is 84.9 Å². The van der Waals surface area contributed by atoms with Crippen molar-refractivity contribution < 1.29 is 9.47 Å². The second-order valence-electron chi connectivity index (χ2n) is 5.57. The van der Waals surface area contributed by atoms with Crippen LogP contribution in [0.1, 0.15) is 16.7 Å². The van der Waals surface area contributed by atoms with Crippen LogP contribution in [0, 0.1) is 0 Å². The van der Waals surface area contributed by atoms with Gasteiger partial charge in [-0.05, 0) is 41.0 Å². The van der Waals surface area contributed by atoms with Crippen LogP contribution in [-0.2, 0) is 6.61 Å². The number of benzene rings is 3. The van der Waals surface area contributed by atoms with Gasteiger partial charge in [-0.15, -0.1) is 0 Å². The molecule has 3 aromatic rings. The highest BCUT2D eigenvalue weighted by Gasteiger charge is 2.05. The molecule has 126 valence electrons. The maximum atomic E-state index is 5.91. The summed E-state index contributed by atoms with van der Waals surface area (Å²) >= 11 is 5.91. The lowest BCUT2D eigenvalue weighted by Gasteiger charge is -2.11. The topological polar surface area (TPSA) is 18.5 Å². The van der Waals surface area contributed by atoms with Gasteiger partial charge in [-0.2, -0.15) is 0 Å². The SMILES string of the molecule is COc1cc(/C=C/c2ccc(Cl)cc2)ccc1OCc1ccccc1. The van der Waals surface area contributed by atoms with Crippen LogP contribution in [-0.4, -0.2) is 7.11 Å². The molecule has 0 fully saturated rings. The monoisotopic (exact) mass is 350 g/mol. The van der Waals surface area contributed by atoms with E-state index in [0.29, 0.717) is 12.4 Å². The summed E-state index contributed by atoms with van der Waals surface area (Å²) in [7, 11) is 1.65. The summed E-state index contributed by atoms with van der Waals surface area (Å²) < 4.78 is 11.3. The van der Waals surface area contributed by atoms with E-state index in [1.54, 1.807) is 7.11 Å². The number of methoxy groups -OCH3 is 1. The average molecular weight is 351 g/mol. The summed E-state index contributed by atoms with van der Waals surface area (Å²) in [5.74, 6) is 1.45. The Kier molecular flexibility index (Phi) is 5.76. The third kappa shape index (κ3) is 4.88. The van der Waals surface area contributed by atoms with Gasteiger partial charge in [0.05, 0.1) is 7.11 Å². The van der Waals surface area contributed by atoms with E-state index in [4.69, 9.17) is 21.1 Å². The summed E-state index contributed by atoms with van der Waals surface area (Å²) in [4.78, 5) is 0. The average Bonchev–Trinajstić information content (AvgIpc) is 2.67. The second-order valence-corrected chi connectivity index (χ2v) is 6.01. The zero-order chi connectivity index (χ0) is 17.5. The van der Waals surface area contributed by atoms with Crippen molar-refractivity contribution in [3.8, 4) is 11.5 Å². The fraction of sp³-hybridized carbons (Fsp3) is 0.0909. The van der Waals surface area contributed by atoms with Gasteiger partial charge >= 0.3 is 0 Å². The van der Waals surface area contributed by atoms with Gasteiger partial charge in [0.2, 0.25) is 0 Å². The van der Waals surface area contributed by atoms with Gasteiger partial charge in [-0.3, -0.25) is 0 Å². The number of hydrogen-bond donors (Lipinski definition) is 0. The highest BCUT2D eigenvalue weighted by Crippen LogP contribution is 2.29. The largest absolute Gasteiger partial charge is 0.493 e. The zero-order valence-electron chi connectivity index (χ0n) is 14.0. The molecule has 0 aliphatic heterocycles. The van der Waals surface area contributed by atoms with Crippen molar-refractivity contribution in [1.29, 1.82) is 0 Å². The summed E-state index contributed by atoms with van der Waals surface area (Å²) in [6.45, 7) is 0.511. The number of halogens is 1. The smallest absolute Gasteiger partial charge is 0.161 e. The fourth-order valence-electron chi connectivity index (χ4n) is 2.41. The van der Waals surface area contributed by atoms with E-state index in [-0.39, 0.29) is 0 Å². The number of ether oxygens (including phenoxy) is 2. The van der Waals surface area contributed by atoms with E-state index in [0.717, 1.165) is 27.5 Å². The molecule has 0 radical (unpaired) electrons. The lowest BCUT2D eigenvalue weighted by molar-refractivity contribution is 0.284. The molecule has 0 aromatic heterocycles. The lowest BCUT2D eigenvalue weighted by Crippen LogP contribution is -1.97. The van der Waals surface area contributed by atoms with Gasteiger partial charge in [-0.25, -0.2) is 0 Å². The van der Waals surface area contributed by atoms with Gasteiger partial charge in [-0.1, -0.05) is 72.3 Å². The molecule has 3 aromatic carbocycles. The third-order valence-electron chi connectivity index (χ3n) is 3.76. The summed E-state index contributed by atoms with van der Waals surface area (Å²) in [6.07, 6.45) is 4.07. The van der Waals surface area contributed by atoms with E-state index >= 15 is 0 Å². The molecule has 0 spiro atoms. The Labute approximate surface area is 153 Å².